The van der Waals surface area contributed by atoms with Crippen molar-refractivity contribution in [3.05, 3.63) is 54.1 Å². The molecule has 2 N–H and O–H groups in total. The molecule has 0 radical (unpaired) electrons. The minimum absolute atomic E-state index is 0.0742. The number of hydrogen-bond acceptors (Lipinski definition) is 4. The van der Waals surface area contributed by atoms with E-state index in [2.05, 4.69) is 15.3 Å². The standard InChI is InChI=1S/C14H14N4O3/c1-18(9-11-4-2-3-7-15-11)14(21)17-10-5-6-12(13(19)20)16-8-10/h2-8H,9H2,1H3,(H,17,21)(H,19,20). The third-order valence-electron chi connectivity index (χ3n) is 2.71. The van der Waals surface area contributed by atoms with Crippen molar-refractivity contribution in [3.8, 4) is 0 Å². The van der Waals surface area contributed by atoms with Crippen LogP contribution in [0.3, 0.4) is 0 Å². The van der Waals surface area contributed by atoms with Crippen LogP contribution in [-0.4, -0.2) is 39.0 Å². The molecule has 0 fully saturated rings. The molecule has 7 heteroatoms. The minimum Gasteiger partial charge on any atom is -0.477 e. The van der Waals surface area contributed by atoms with Gasteiger partial charge in [-0.25, -0.2) is 14.6 Å². The Morgan fingerprint density at radius 1 is 1.24 bits per heavy atom. The normalized spacial score (nSPS) is 9.95. The second-order valence-electron chi connectivity index (χ2n) is 4.34. The molecule has 0 saturated carbocycles. The van der Waals surface area contributed by atoms with E-state index in [4.69, 9.17) is 5.11 Å². The lowest BCUT2D eigenvalue weighted by Gasteiger charge is -2.17. The van der Waals surface area contributed by atoms with Gasteiger partial charge in [-0.1, -0.05) is 6.07 Å². The molecule has 0 bridgehead atoms. The summed E-state index contributed by atoms with van der Waals surface area (Å²) in [5.74, 6) is -1.11. The highest BCUT2D eigenvalue weighted by atomic mass is 16.4. The third-order valence-corrected chi connectivity index (χ3v) is 2.71. The van der Waals surface area contributed by atoms with Crippen LogP contribution in [0.2, 0.25) is 0 Å². The van der Waals surface area contributed by atoms with Crippen molar-refractivity contribution >= 4 is 17.7 Å². The topological polar surface area (TPSA) is 95.4 Å². The Hall–Kier alpha value is -2.96. The summed E-state index contributed by atoms with van der Waals surface area (Å²) < 4.78 is 0. The van der Waals surface area contributed by atoms with Crippen LogP contribution in [0.25, 0.3) is 0 Å². The number of nitrogens with one attached hydrogen (secondary N) is 1. The fraction of sp³-hybridized carbons (Fsp3) is 0.143. The van der Waals surface area contributed by atoms with Gasteiger partial charge in [-0.2, -0.15) is 0 Å². The molecule has 0 saturated heterocycles. The number of amides is 2. The van der Waals surface area contributed by atoms with E-state index < -0.39 is 5.97 Å². The number of nitrogens with zero attached hydrogens (tertiary/aromatic N) is 3. The molecule has 2 aromatic rings. The quantitative estimate of drug-likeness (QED) is 0.894. The van der Waals surface area contributed by atoms with E-state index in [1.807, 2.05) is 12.1 Å². The van der Waals surface area contributed by atoms with Gasteiger partial charge in [-0.05, 0) is 24.3 Å². The lowest BCUT2D eigenvalue weighted by atomic mass is 10.3. The predicted molar refractivity (Wildman–Crippen MR) is 75.9 cm³/mol. The summed E-state index contributed by atoms with van der Waals surface area (Å²) in [5, 5.41) is 11.4. The number of urea groups is 1. The Balaban J connectivity index is 1.95. The van der Waals surface area contributed by atoms with Crippen LogP contribution in [0.4, 0.5) is 10.5 Å². The lowest BCUT2D eigenvalue weighted by Crippen LogP contribution is -2.31. The fourth-order valence-electron chi connectivity index (χ4n) is 1.62. The van der Waals surface area contributed by atoms with Gasteiger partial charge < -0.3 is 15.3 Å². The molecular weight excluding hydrogens is 272 g/mol. The first-order valence-corrected chi connectivity index (χ1v) is 6.17. The van der Waals surface area contributed by atoms with Crippen molar-refractivity contribution in [1.82, 2.24) is 14.9 Å². The molecule has 0 aliphatic heterocycles. The largest absolute Gasteiger partial charge is 0.477 e. The first-order chi connectivity index (χ1) is 10.1. The van der Waals surface area contributed by atoms with Gasteiger partial charge in [0.25, 0.3) is 0 Å². The Morgan fingerprint density at radius 3 is 2.62 bits per heavy atom. The number of aromatic nitrogens is 2. The van der Waals surface area contributed by atoms with Gasteiger partial charge in [0, 0.05) is 13.2 Å². The molecule has 2 rings (SSSR count). The number of carboxylic acid groups (broad SMARTS) is 1. The summed E-state index contributed by atoms with van der Waals surface area (Å²) in [6, 6.07) is 7.97. The van der Waals surface area contributed by atoms with Crippen molar-refractivity contribution in [2.75, 3.05) is 12.4 Å². The van der Waals surface area contributed by atoms with Crippen molar-refractivity contribution < 1.29 is 14.7 Å². The van der Waals surface area contributed by atoms with Gasteiger partial charge in [0.1, 0.15) is 5.69 Å². The van der Waals surface area contributed by atoms with Gasteiger partial charge in [0.05, 0.1) is 24.1 Å². The van der Waals surface area contributed by atoms with E-state index in [0.717, 1.165) is 5.69 Å². The molecular formula is C14H14N4O3. The van der Waals surface area contributed by atoms with Gasteiger partial charge in [-0.15, -0.1) is 0 Å². The smallest absolute Gasteiger partial charge is 0.354 e. The average Bonchev–Trinajstić information content (AvgIpc) is 2.48. The molecule has 0 aromatic carbocycles. The number of pyridine rings is 2. The van der Waals surface area contributed by atoms with Gasteiger partial charge in [-0.3, -0.25) is 4.98 Å². The van der Waals surface area contributed by atoms with Crippen LogP contribution >= 0.6 is 0 Å². The maximum atomic E-state index is 12.0. The first-order valence-electron chi connectivity index (χ1n) is 6.17. The first kappa shape index (κ1) is 14.4. The Labute approximate surface area is 121 Å². The number of aromatic carboxylic acids is 1. The van der Waals surface area contributed by atoms with Gasteiger partial charge in [0.15, 0.2) is 0 Å². The molecule has 2 heterocycles. The molecule has 0 unspecified atom stereocenters. The Bertz CT molecular complexity index is 628. The van der Waals surface area contributed by atoms with Crippen LogP contribution in [0, 0.1) is 0 Å². The molecule has 7 nitrogen and oxygen atoms in total. The molecule has 108 valence electrons. The van der Waals surface area contributed by atoms with Crippen molar-refractivity contribution in [2.45, 2.75) is 6.54 Å². The maximum Gasteiger partial charge on any atom is 0.354 e. The molecule has 21 heavy (non-hydrogen) atoms. The highest BCUT2D eigenvalue weighted by Crippen LogP contribution is 2.08. The Morgan fingerprint density at radius 2 is 2.05 bits per heavy atom. The van der Waals surface area contributed by atoms with Crippen LogP contribution in [-0.2, 0) is 6.54 Å². The zero-order valence-electron chi connectivity index (χ0n) is 11.4. The van der Waals surface area contributed by atoms with Crippen LogP contribution in [0.15, 0.2) is 42.7 Å². The summed E-state index contributed by atoms with van der Waals surface area (Å²) in [7, 11) is 1.64. The highest BCUT2D eigenvalue weighted by Gasteiger charge is 2.11. The van der Waals surface area contributed by atoms with Gasteiger partial charge in [0.2, 0.25) is 0 Å². The predicted octanol–water partition coefficient (Wildman–Crippen LogP) is 1.84. The van der Waals surface area contributed by atoms with E-state index >= 15 is 0 Å². The van der Waals surface area contributed by atoms with Crippen molar-refractivity contribution in [2.24, 2.45) is 0 Å². The summed E-state index contributed by atoms with van der Waals surface area (Å²) in [6.07, 6.45) is 2.96. The lowest BCUT2D eigenvalue weighted by molar-refractivity contribution is 0.0690. The van der Waals surface area contributed by atoms with E-state index in [9.17, 15) is 9.59 Å². The number of carboxylic acids is 1. The van der Waals surface area contributed by atoms with E-state index in [-0.39, 0.29) is 11.7 Å². The third kappa shape index (κ3) is 4.00. The van der Waals surface area contributed by atoms with Crippen LogP contribution in [0.5, 0.6) is 0 Å². The van der Waals surface area contributed by atoms with Gasteiger partial charge >= 0.3 is 12.0 Å². The van der Waals surface area contributed by atoms with Crippen LogP contribution in [0.1, 0.15) is 16.2 Å². The maximum absolute atomic E-state index is 12.0. The van der Waals surface area contributed by atoms with E-state index in [0.29, 0.717) is 12.2 Å². The van der Waals surface area contributed by atoms with E-state index in [1.165, 1.54) is 23.2 Å². The summed E-state index contributed by atoms with van der Waals surface area (Å²) >= 11 is 0. The SMILES string of the molecule is CN(Cc1ccccn1)C(=O)Nc1ccc(C(=O)O)nc1. The average molecular weight is 286 g/mol. The zero-order valence-corrected chi connectivity index (χ0v) is 11.4. The summed E-state index contributed by atoms with van der Waals surface area (Å²) in [5.41, 5.74) is 1.13. The van der Waals surface area contributed by atoms with Crippen molar-refractivity contribution in [1.29, 1.82) is 0 Å². The monoisotopic (exact) mass is 286 g/mol. The molecule has 0 aliphatic rings. The second kappa shape index (κ2) is 6.47. The Kier molecular flexibility index (Phi) is 4.45. The molecule has 2 aromatic heterocycles. The number of carbonyl (C=O) groups excluding carboxylic acids is 1. The molecule has 0 aliphatic carbocycles. The number of hydrogen-bond donors (Lipinski definition) is 2. The summed E-state index contributed by atoms with van der Waals surface area (Å²) in [6.45, 7) is 0.368. The van der Waals surface area contributed by atoms with Crippen LogP contribution < -0.4 is 5.32 Å². The molecule has 0 atom stereocenters. The highest BCUT2D eigenvalue weighted by molar-refractivity contribution is 5.90. The summed E-state index contributed by atoms with van der Waals surface area (Å²) in [4.78, 5) is 32.0. The fourth-order valence-corrected chi connectivity index (χ4v) is 1.62. The molecule has 2 amide bonds. The number of anilines is 1. The minimum atomic E-state index is -1.11. The van der Waals surface area contributed by atoms with E-state index in [1.54, 1.807) is 19.3 Å². The number of rotatable bonds is 4. The second-order valence-corrected chi connectivity index (χ2v) is 4.34. The van der Waals surface area contributed by atoms with Crippen molar-refractivity contribution in [3.63, 3.8) is 0 Å². The number of carbonyl (C=O) groups is 2. The zero-order chi connectivity index (χ0) is 15.2. The molecule has 0 spiro atoms.